The van der Waals surface area contributed by atoms with Gasteiger partial charge in [-0.3, -0.25) is 4.68 Å². The molecule has 0 spiro atoms. The topological polar surface area (TPSA) is 27.1 Å². The third kappa shape index (κ3) is 2.70. The molecule has 0 saturated carbocycles. The number of nitrogens with zero attached hydrogens (tertiary/aromatic N) is 2. The van der Waals surface area contributed by atoms with E-state index in [-0.39, 0.29) is 0 Å². The molecule has 96 valence electrons. The van der Waals surface area contributed by atoms with Crippen molar-refractivity contribution in [1.82, 2.24) is 9.78 Å². The highest BCUT2D eigenvalue weighted by Gasteiger charge is 2.12. The Labute approximate surface area is 120 Å². The lowest BCUT2D eigenvalue weighted by Gasteiger charge is -2.09. The Morgan fingerprint density at radius 2 is 2.11 bits per heavy atom. The lowest BCUT2D eigenvalue weighted by molar-refractivity contribution is 0.293. The summed E-state index contributed by atoms with van der Waals surface area (Å²) in [5, 5.41) is 4.92. The smallest absolute Gasteiger partial charge is 0.134 e. The molecule has 0 fully saturated rings. The van der Waals surface area contributed by atoms with Crippen LogP contribution in [0.4, 0.5) is 0 Å². The van der Waals surface area contributed by atoms with Gasteiger partial charge in [-0.2, -0.15) is 5.10 Å². The molecule has 0 aliphatic heterocycles. The van der Waals surface area contributed by atoms with Crippen LogP contribution in [0.2, 0.25) is 5.02 Å². The summed E-state index contributed by atoms with van der Waals surface area (Å²) in [5.74, 6) is 0.801. The molecule has 0 radical (unpaired) electrons. The van der Waals surface area contributed by atoms with Crippen molar-refractivity contribution in [1.29, 1.82) is 0 Å². The summed E-state index contributed by atoms with van der Waals surface area (Å²) in [6.45, 7) is 4.32. The molecule has 1 heterocycles. The number of hydrogen-bond acceptors (Lipinski definition) is 2. The van der Waals surface area contributed by atoms with E-state index in [0.29, 0.717) is 11.6 Å². The summed E-state index contributed by atoms with van der Waals surface area (Å²) >= 11 is 9.65. The lowest BCUT2D eigenvalue weighted by Crippen LogP contribution is -2.04. The Hall–Kier alpha value is -1.00. The summed E-state index contributed by atoms with van der Waals surface area (Å²) in [4.78, 5) is 0. The van der Waals surface area contributed by atoms with Gasteiger partial charge in [-0.1, -0.05) is 17.7 Å². The molecule has 0 bridgehead atoms. The molecule has 2 rings (SSSR count). The number of aryl methyl sites for hydroxylation is 3. The second-order valence-corrected chi connectivity index (χ2v) is 5.42. The maximum atomic E-state index is 6.17. The van der Waals surface area contributed by atoms with Crippen LogP contribution >= 0.6 is 27.5 Å². The molecular weight excluding hydrogens is 316 g/mol. The first-order chi connectivity index (χ1) is 8.49. The second kappa shape index (κ2) is 5.33. The van der Waals surface area contributed by atoms with Crippen molar-refractivity contribution in [3.8, 4) is 5.75 Å². The molecule has 0 atom stereocenters. The van der Waals surface area contributed by atoms with Crippen LogP contribution in [0.1, 0.15) is 17.0 Å². The first-order valence-corrected chi connectivity index (χ1v) is 6.73. The average Bonchev–Trinajstić information content (AvgIpc) is 2.53. The molecule has 3 nitrogen and oxygen atoms in total. The predicted octanol–water partition coefficient (Wildman–Crippen LogP) is 4.03. The molecule has 0 saturated heterocycles. The highest BCUT2D eigenvalue weighted by atomic mass is 79.9. The van der Waals surface area contributed by atoms with Crippen molar-refractivity contribution in [3.05, 3.63) is 44.6 Å². The Bertz CT molecular complexity index is 581. The molecule has 0 aliphatic carbocycles. The van der Waals surface area contributed by atoms with Crippen molar-refractivity contribution < 1.29 is 4.74 Å². The summed E-state index contributed by atoms with van der Waals surface area (Å²) in [7, 11) is 1.86. The third-order valence-corrected chi connectivity index (χ3v) is 3.82. The minimum Gasteiger partial charge on any atom is -0.486 e. The van der Waals surface area contributed by atoms with Crippen molar-refractivity contribution in [2.24, 2.45) is 7.05 Å². The fourth-order valence-electron chi connectivity index (χ4n) is 1.71. The minimum absolute atomic E-state index is 0.401. The Kier molecular flexibility index (Phi) is 3.97. The van der Waals surface area contributed by atoms with E-state index < -0.39 is 0 Å². The van der Waals surface area contributed by atoms with Gasteiger partial charge in [-0.15, -0.1) is 0 Å². The summed E-state index contributed by atoms with van der Waals surface area (Å²) in [5.41, 5.74) is 2.88. The molecule has 18 heavy (non-hydrogen) atoms. The van der Waals surface area contributed by atoms with E-state index in [1.54, 1.807) is 4.68 Å². The van der Waals surface area contributed by atoms with Gasteiger partial charge in [0.15, 0.2) is 0 Å². The molecular formula is C13H14BrClN2O. The first-order valence-electron chi connectivity index (χ1n) is 5.56. The van der Waals surface area contributed by atoms with Crippen LogP contribution in [0.5, 0.6) is 5.75 Å². The zero-order valence-corrected chi connectivity index (χ0v) is 12.8. The third-order valence-electron chi connectivity index (χ3n) is 2.71. The van der Waals surface area contributed by atoms with E-state index in [1.807, 2.05) is 39.1 Å². The van der Waals surface area contributed by atoms with Crippen LogP contribution < -0.4 is 4.74 Å². The maximum Gasteiger partial charge on any atom is 0.134 e. The Morgan fingerprint density at radius 1 is 1.39 bits per heavy atom. The molecule has 0 N–H and O–H groups in total. The van der Waals surface area contributed by atoms with Gasteiger partial charge >= 0.3 is 0 Å². The second-order valence-electron chi connectivity index (χ2n) is 4.19. The average molecular weight is 330 g/mol. The van der Waals surface area contributed by atoms with E-state index in [2.05, 4.69) is 21.0 Å². The zero-order chi connectivity index (χ0) is 13.3. The number of benzene rings is 1. The van der Waals surface area contributed by atoms with Crippen LogP contribution in [-0.2, 0) is 13.7 Å². The van der Waals surface area contributed by atoms with Crippen LogP contribution in [0.15, 0.2) is 22.7 Å². The highest BCUT2D eigenvalue weighted by molar-refractivity contribution is 9.10. The largest absolute Gasteiger partial charge is 0.486 e. The van der Waals surface area contributed by atoms with Gasteiger partial charge in [-0.25, -0.2) is 0 Å². The number of aromatic nitrogens is 2. The summed E-state index contributed by atoms with van der Waals surface area (Å²) in [6.07, 6.45) is 0. The maximum absolute atomic E-state index is 6.17. The minimum atomic E-state index is 0.401. The van der Waals surface area contributed by atoms with Gasteiger partial charge in [0.05, 0.1) is 20.9 Å². The molecule has 5 heteroatoms. The monoisotopic (exact) mass is 328 g/mol. The summed E-state index contributed by atoms with van der Waals surface area (Å²) in [6, 6.07) is 5.97. The normalized spacial score (nSPS) is 10.7. The van der Waals surface area contributed by atoms with Gasteiger partial charge in [0.1, 0.15) is 12.4 Å². The predicted molar refractivity (Wildman–Crippen MR) is 76.2 cm³/mol. The molecule has 1 aromatic heterocycles. The van der Waals surface area contributed by atoms with E-state index in [1.165, 1.54) is 5.56 Å². The van der Waals surface area contributed by atoms with Gasteiger partial charge in [-0.05, 0) is 47.5 Å². The fourth-order valence-corrected chi connectivity index (χ4v) is 2.53. The van der Waals surface area contributed by atoms with E-state index in [4.69, 9.17) is 16.3 Å². The summed E-state index contributed by atoms with van der Waals surface area (Å²) < 4.78 is 8.45. The van der Waals surface area contributed by atoms with Gasteiger partial charge in [0.2, 0.25) is 0 Å². The standard InChI is InChI=1S/C13H14BrClN2O/c1-8-4-5-12(10(14)6-8)18-7-11-13(15)9(2)16-17(11)3/h4-6H,7H2,1-3H3. The first kappa shape index (κ1) is 13.4. The van der Waals surface area contributed by atoms with E-state index in [9.17, 15) is 0 Å². The van der Waals surface area contributed by atoms with Crippen LogP contribution in [0.25, 0.3) is 0 Å². The number of hydrogen-bond donors (Lipinski definition) is 0. The SMILES string of the molecule is Cc1ccc(OCc2c(Cl)c(C)nn2C)c(Br)c1. The molecule has 2 aromatic rings. The van der Waals surface area contributed by atoms with Gasteiger partial charge < -0.3 is 4.74 Å². The zero-order valence-electron chi connectivity index (χ0n) is 10.5. The van der Waals surface area contributed by atoms with Gasteiger partial charge in [0, 0.05) is 7.05 Å². The highest BCUT2D eigenvalue weighted by Crippen LogP contribution is 2.28. The van der Waals surface area contributed by atoms with Crippen LogP contribution in [0.3, 0.4) is 0 Å². The molecule has 0 aliphatic rings. The van der Waals surface area contributed by atoms with Crippen molar-refractivity contribution >= 4 is 27.5 Å². The van der Waals surface area contributed by atoms with Gasteiger partial charge in [0.25, 0.3) is 0 Å². The van der Waals surface area contributed by atoms with Crippen molar-refractivity contribution in [3.63, 3.8) is 0 Å². The quantitative estimate of drug-likeness (QED) is 0.850. The Balaban J connectivity index is 2.16. The van der Waals surface area contributed by atoms with E-state index in [0.717, 1.165) is 21.6 Å². The van der Waals surface area contributed by atoms with Crippen molar-refractivity contribution in [2.75, 3.05) is 0 Å². The van der Waals surface area contributed by atoms with Crippen molar-refractivity contribution in [2.45, 2.75) is 20.5 Å². The molecule has 0 unspecified atom stereocenters. The molecule has 1 aromatic carbocycles. The molecule has 0 amide bonds. The van der Waals surface area contributed by atoms with Crippen LogP contribution in [0, 0.1) is 13.8 Å². The number of rotatable bonds is 3. The fraction of sp³-hybridized carbons (Fsp3) is 0.308. The van der Waals surface area contributed by atoms with E-state index >= 15 is 0 Å². The lowest BCUT2D eigenvalue weighted by atomic mass is 10.2. The number of ether oxygens (including phenoxy) is 1. The van der Waals surface area contributed by atoms with Crippen LogP contribution in [-0.4, -0.2) is 9.78 Å². The number of halogens is 2. The Morgan fingerprint density at radius 3 is 2.67 bits per heavy atom.